The molecular weight excluding hydrogens is 345 g/mol. The fourth-order valence-corrected chi connectivity index (χ4v) is 3.29. The van der Waals surface area contributed by atoms with Crippen LogP contribution < -0.4 is 14.8 Å². The Kier molecular flexibility index (Phi) is 4.67. The molecule has 1 aromatic heterocycles. The first-order chi connectivity index (χ1) is 12.0. The van der Waals surface area contributed by atoms with Crippen molar-refractivity contribution < 1.29 is 23.5 Å². The van der Waals surface area contributed by atoms with Gasteiger partial charge in [-0.3, -0.25) is 14.9 Å². The van der Waals surface area contributed by atoms with Crippen LogP contribution in [0.2, 0.25) is 0 Å². The molecule has 3 aromatic rings. The van der Waals surface area contributed by atoms with Crippen molar-refractivity contribution in [3.63, 3.8) is 0 Å². The molecule has 25 heavy (non-hydrogen) atoms. The van der Waals surface area contributed by atoms with Gasteiger partial charge in [0.15, 0.2) is 0 Å². The molecule has 0 fully saturated rings. The van der Waals surface area contributed by atoms with Crippen molar-refractivity contribution in [1.29, 1.82) is 0 Å². The Morgan fingerprint density at radius 3 is 2.52 bits per heavy atom. The number of carbonyl (C=O) groups is 2. The Balaban J connectivity index is 1.84. The third kappa shape index (κ3) is 3.46. The van der Waals surface area contributed by atoms with Crippen LogP contribution in [0.4, 0.5) is 4.39 Å². The molecule has 1 heterocycles. The maximum atomic E-state index is 13.4. The molecule has 5 nitrogen and oxygen atoms in total. The molecule has 0 saturated carbocycles. The van der Waals surface area contributed by atoms with Crippen molar-refractivity contribution in [1.82, 2.24) is 5.32 Å². The summed E-state index contributed by atoms with van der Waals surface area (Å²) in [6.45, 7) is 0. The van der Waals surface area contributed by atoms with E-state index in [-0.39, 0.29) is 11.3 Å². The summed E-state index contributed by atoms with van der Waals surface area (Å²) in [6, 6.07) is 10.7. The minimum absolute atomic E-state index is 0.0429. The lowest BCUT2D eigenvalue weighted by Gasteiger charge is -2.08. The van der Waals surface area contributed by atoms with E-state index in [4.69, 9.17) is 9.47 Å². The number of thiophene rings is 1. The number of nitrogens with one attached hydrogen (secondary N) is 1. The lowest BCUT2D eigenvalue weighted by Crippen LogP contribution is -2.30. The van der Waals surface area contributed by atoms with Gasteiger partial charge >= 0.3 is 0 Å². The van der Waals surface area contributed by atoms with Crippen LogP contribution in [-0.4, -0.2) is 26.0 Å². The molecular formula is C18H14FNO4S. The van der Waals surface area contributed by atoms with Crippen molar-refractivity contribution in [3.05, 3.63) is 58.7 Å². The average molecular weight is 359 g/mol. The second-order valence-electron chi connectivity index (χ2n) is 5.14. The molecule has 1 N–H and O–H groups in total. The smallest absolute Gasteiger partial charge is 0.268 e. The fourth-order valence-electron chi connectivity index (χ4n) is 2.35. The first kappa shape index (κ1) is 16.9. The van der Waals surface area contributed by atoms with Crippen LogP contribution in [0.1, 0.15) is 20.0 Å². The molecule has 2 amide bonds. The molecule has 0 bridgehead atoms. The van der Waals surface area contributed by atoms with Crippen molar-refractivity contribution in [2.75, 3.05) is 14.2 Å². The number of imide groups is 1. The fraction of sp³-hybridized carbons (Fsp3) is 0.111. The number of hydrogen-bond donors (Lipinski definition) is 1. The van der Waals surface area contributed by atoms with Crippen LogP contribution >= 0.6 is 11.3 Å². The van der Waals surface area contributed by atoms with E-state index in [0.717, 1.165) is 16.2 Å². The van der Waals surface area contributed by atoms with Gasteiger partial charge in [-0.05, 0) is 47.9 Å². The summed E-state index contributed by atoms with van der Waals surface area (Å²) in [7, 11) is 2.93. The monoisotopic (exact) mass is 359 g/mol. The lowest BCUT2D eigenvalue weighted by atomic mass is 10.1. The molecule has 3 rings (SSSR count). The molecule has 0 aliphatic heterocycles. The standard InChI is InChI=1S/C18H14FNO4S/c1-23-12-4-6-15-10(7-12)8-16(25-15)18(22)20-17(21)13-9-11(19)3-5-14(13)24-2/h3-9H,1-2H3,(H,20,21,22). The van der Waals surface area contributed by atoms with E-state index < -0.39 is 17.6 Å². The minimum Gasteiger partial charge on any atom is -0.497 e. The van der Waals surface area contributed by atoms with E-state index in [2.05, 4.69) is 5.32 Å². The van der Waals surface area contributed by atoms with Crippen molar-refractivity contribution in [3.8, 4) is 11.5 Å². The van der Waals surface area contributed by atoms with Gasteiger partial charge in [0.1, 0.15) is 17.3 Å². The summed E-state index contributed by atoms with van der Waals surface area (Å²) in [5.41, 5.74) is -0.0429. The molecule has 0 aliphatic rings. The first-order valence-electron chi connectivity index (χ1n) is 7.28. The highest BCUT2D eigenvalue weighted by atomic mass is 32.1. The van der Waals surface area contributed by atoms with E-state index in [1.165, 1.54) is 30.6 Å². The maximum Gasteiger partial charge on any atom is 0.268 e. The molecule has 0 spiro atoms. The molecule has 0 unspecified atom stereocenters. The second kappa shape index (κ2) is 6.90. The van der Waals surface area contributed by atoms with E-state index in [1.54, 1.807) is 25.3 Å². The van der Waals surface area contributed by atoms with Gasteiger partial charge in [-0.2, -0.15) is 0 Å². The molecule has 7 heteroatoms. The van der Waals surface area contributed by atoms with Crippen molar-refractivity contribution in [2.24, 2.45) is 0 Å². The largest absolute Gasteiger partial charge is 0.497 e. The Bertz CT molecular complexity index is 967. The molecule has 128 valence electrons. The number of amides is 2. The predicted octanol–water partition coefficient (Wildman–Crippen LogP) is 3.63. The summed E-state index contributed by atoms with van der Waals surface area (Å²) < 4.78 is 24.5. The topological polar surface area (TPSA) is 64.6 Å². The highest BCUT2D eigenvalue weighted by molar-refractivity contribution is 7.20. The van der Waals surface area contributed by atoms with Gasteiger partial charge in [-0.1, -0.05) is 0 Å². The minimum atomic E-state index is -0.726. The average Bonchev–Trinajstić information content (AvgIpc) is 3.04. The Hall–Kier alpha value is -2.93. The molecule has 0 aliphatic carbocycles. The van der Waals surface area contributed by atoms with Gasteiger partial charge in [-0.15, -0.1) is 11.3 Å². The molecule has 0 saturated heterocycles. The van der Waals surface area contributed by atoms with Gasteiger partial charge in [0.05, 0.1) is 24.7 Å². The molecule has 0 radical (unpaired) electrons. The van der Waals surface area contributed by atoms with E-state index in [0.29, 0.717) is 10.6 Å². The van der Waals surface area contributed by atoms with Crippen LogP contribution in [0.25, 0.3) is 10.1 Å². The lowest BCUT2D eigenvalue weighted by molar-refractivity contribution is 0.0850. The van der Waals surface area contributed by atoms with E-state index in [1.807, 2.05) is 6.07 Å². The van der Waals surface area contributed by atoms with Gasteiger partial charge in [0.2, 0.25) is 0 Å². The van der Waals surface area contributed by atoms with Crippen LogP contribution in [-0.2, 0) is 0 Å². The zero-order valence-electron chi connectivity index (χ0n) is 13.5. The number of benzene rings is 2. The number of methoxy groups -OCH3 is 2. The van der Waals surface area contributed by atoms with Crippen molar-refractivity contribution >= 4 is 33.2 Å². The highest BCUT2D eigenvalue weighted by Crippen LogP contribution is 2.29. The number of halogens is 1. The summed E-state index contributed by atoms with van der Waals surface area (Å²) in [5, 5.41) is 3.10. The SMILES string of the molecule is COc1ccc2sc(C(=O)NC(=O)c3cc(F)ccc3OC)cc2c1. The van der Waals surface area contributed by atoms with Crippen LogP contribution in [0.3, 0.4) is 0 Å². The van der Waals surface area contributed by atoms with E-state index in [9.17, 15) is 14.0 Å². The van der Waals surface area contributed by atoms with Gasteiger partial charge < -0.3 is 9.47 Å². The van der Waals surface area contributed by atoms with Crippen LogP contribution in [0, 0.1) is 5.82 Å². The molecule has 2 aromatic carbocycles. The van der Waals surface area contributed by atoms with Crippen LogP contribution in [0.5, 0.6) is 11.5 Å². The number of rotatable bonds is 4. The number of hydrogen-bond acceptors (Lipinski definition) is 5. The molecule has 0 atom stereocenters. The predicted molar refractivity (Wildman–Crippen MR) is 93.1 cm³/mol. The summed E-state index contributed by atoms with van der Waals surface area (Å²) in [4.78, 5) is 25.0. The second-order valence-corrected chi connectivity index (χ2v) is 6.23. The normalized spacial score (nSPS) is 10.5. The number of carbonyl (C=O) groups excluding carboxylic acids is 2. The maximum absolute atomic E-state index is 13.4. The summed E-state index contributed by atoms with van der Waals surface area (Å²) in [6.07, 6.45) is 0. The first-order valence-corrected chi connectivity index (χ1v) is 8.10. The zero-order chi connectivity index (χ0) is 18.0. The third-order valence-corrected chi connectivity index (χ3v) is 4.70. The Morgan fingerprint density at radius 1 is 1.00 bits per heavy atom. The summed E-state index contributed by atoms with van der Waals surface area (Å²) in [5.74, 6) is -1.01. The van der Waals surface area contributed by atoms with E-state index >= 15 is 0 Å². The van der Waals surface area contributed by atoms with Gasteiger partial charge in [-0.25, -0.2) is 4.39 Å². The quantitative estimate of drug-likeness (QED) is 0.723. The van der Waals surface area contributed by atoms with Crippen molar-refractivity contribution in [2.45, 2.75) is 0 Å². The van der Waals surface area contributed by atoms with Gasteiger partial charge in [0.25, 0.3) is 11.8 Å². The number of fused-ring (bicyclic) bond motifs is 1. The van der Waals surface area contributed by atoms with Gasteiger partial charge in [0, 0.05) is 4.70 Å². The summed E-state index contributed by atoms with van der Waals surface area (Å²) >= 11 is 1.25. The Labute approximate surface area is 147 Å². The number of ether oxygens (including phenoxy) is 2. The zero-order valence-corrected chi connectivity index (χ0v) is 14.3. The van der Waals surface area contributed by atoms with Crippen LogP contribution in [0.15, 0.2) is 42.5 Å². The Morgan fingerprint density at radius 2 is 1.80 bits per heavy atom. The third-order valence-electron chi connectivity index (χ3n) is 3.58. The highest BCUT2D eigenvalue weighted by Gasteiger charge is 2.18.